The van der Waals surface area contributed by atoms with E-state index in [1.54, 1.807) is 0 Å². The van der Waals surface area contributed by atoms with Crippen LogP contribution in [0.3, 0.4) is 0 Å². The molecule has 31 heavy (non-hydrogen) atoms. The first-order valence-corrected chi connectivity index (χ1v) is 10.2. The summed E-state index contributed by atoms with van der Waals surface area (Å²) in [5, 5.41) is 0. The van der Waals surface area contributed by atoms with E-state index in [2.05, 4.69) is 0 Å². The van der Waals surface area contributed by atoms with Crippen molar-refractivity contribution in [2.24, 2.45) is 5.73 Å². The van der Waals surface area contributed by atoms with Gasteiger partial charge in [-0.05, 0) is 42.7 Å². The molecule has 2 N–H and O–H groups in total. The second kappa shape index (κ2) is 7.16. The van der Waals surface area contributed by atoms with E-state index >= 15 is 0 Å². The van der Waals surface area contributed by atoms with Gasteiger partial charge in [0.05, 0.1) is 4.90 Å². The number of benzene rings is 2. The number of alkyl halides is 7. The molecule has 1 fully saturated rings. The average molecular weight is 473 g/mol. The summed E-state index contributed by atoms with van der Waals surface area (Å²) in [4.78, 5) is -0.296. The molecule has 2 aromatic carbocycles. The lowest BCUT2D eigenvalue weighted by Gasteiger charge is -2.45. The Balaban J connectivity index is 2.10. The summed E-state index contributed by atoms with van der Waals surface area (Å²) in [6.07, 6.45) is -12.9. The Morgan fingerprint density at radius 1 is 0.806 bits per heavy atom. The van der Waals surface area contributed by atoms with E-state index in [-0.39, 0.29) is 35.4 Å². The molecular formula is C19H15F8NO2S. The second-order valence-corrected chi connectivity index (χ2v) is 9.61. The summed E-state index contributed by atoms with van der Waals surface area (Å²) in [7, 11) is -4.26. The largest absolute Gasteiger partial charge is 0.435 e. The van der Waals surface area contributed by atoms with Crippen molar-refractivity contribution < 1.29 is 43.5 Å². The molecule has 0 aliphatic heterocycles. The Labute approximate surface area is 171 Å². The molecular weight excluding hydrogens is 458 g/mol. The van der Waals surface area contributed by atoms with Crippen molar-refractivity contribution in [3.05, 3.63) is 65.5 Å². The maximum atomic E-state index is 14.2. The monoisotopic (exact) mass is 473 g/mol. The van der Waals surface area contributed by atoms with Crippen molar-refractivity contribution in [3.63, 3.8) is 0 Å². The Bertz CT molecular complexity index is 1040. The lowest BCUT2D eigenvalue weighted by atomic mass is 9.74. The zero-order valence-electron chi connectivity index (χ0n) is 15.4. The molecule has 170 valence electrons. The van der Waals surface area contributed by atoms with Crippen LogP contribution in [0.15, 0.2) is 53.4 Å². The van der Waals surface area contributed by atoms with Crippen LogP contribution in [0.5, 0.6) is 0 Å². The number of halogens is 8. The molecule has 1 aliphatic rings. The number of sulfone groups is 1. The van der Waals surface area contributed by atoms with Gasteiger partial charge in [0.2, 0.25) is 0 Å². The fourth-order valence-corrected chi connectivity index (χ4v) is 5.99. The van der Waals surface area contributed by atoms with Gasteiger partial charge in [-0.1, -0.05) is 24.3 Å². The lowest BCUT2D eigenvalue weighted by molar-refractivity contribution is -0.348. The molecule has 3 nitrogen and oxygen atoms in total. The quantitative estimate of drug-likeness (QED) is 0.508. The molecule has 0 unspecified atom stereocenters. The van der Waals surface area contributed by atoms with E-state index in [0.717, 1.165) is 24.3 Å². The molecule has 0 amide bonds. The van der Waals surface area contributed by atoms with Gasteiger partial charge < -0.3 is 5.73 Å². The van der Waals surface area contributed by atoms with Gasteiger partial charge in [0.25, 0.3) is 0 Å². The Morgan fingerprint density at radius 3 is 1.65 bits per heavy atom. The van der Waals surface area contributed by atoms with Crippen LogP contribution in [0.25, 0.3) is 0 Å². The maximum Gasteiger partial charge on any atom is 0.435 e. The smallest absolute Gasteiger partial charge is 0.328 e. The Hall–Kier alpha value is -2.21. The van der Waals surface area contributed by atoms with Crippen molar-refractivity contribution in [1.29, 1.82) is 0 Å². The molecule has 0 radical (unpaired) electrons. The zero-order valence-corrected chi connectivity index (χ0v) is 16.3. The summed E-state index contributed by atoms with van der Waals surface area (Å²) in [6, 6.07) is 5.14. The fraction of sp³-hybridized carbons (Fsp3) is 0.368. The van der Waals surface area contributed by atoms with Crippen molar-refractivity contribution in [2.45, 2.75) is 46.5 Å². The van der Waals surface area contributed by atoms with Gasteiger partial charge in [-0.15, -0.1) is 0 Å². The van der Waals surface area contributed by atoms with E-state index in [4.69, 9.17) is 5.73 Å². The molecule has 0 bridgehead atoms. The summed E-state index contributed by atoms with van der Waals surface area (Å²) < 4.78 is 130. The average Bonchev–Trinajstić information content (AvgIpc) is 2.63. The third-order valence-electron chi connectivity index (χ3n) is 5.41. The number of nitrogens with two attached hydrogens (primary N) is 1. The molecule has 12 heteroatoms. The first kappa shape index (κ1) is 23.5. The topological polar surface area (TPSA) is 60.2 Å². The number of hydrogen-bond donors (Lipinski definition) is 1. The molecule has 1 saturated carbocycles. The highest BCUT2D eigenvalue weighted by molar-refractivity contribution is 7.92. The molecule has 0 spiro atoms. The molecule has 0 atom stereocenters. The van der Waals surface area contributed by atoms with Crippen molar-refractivity contribution >= 4 is 9.84 Å². The lowest BCUT2D eigenvalue weighted by Crippen LogP contribution is -2.54. The highest BCUT2D eigenvalue weighted by Gasteiger charge is 2.73. The van der Waals surface area contributed by atoms with Crippen LogP contribution < -0.4 is 5.73 Å². The maximum absolute atomic E-state index is 14.2. The van der Waals surface area contributed by atoms with E-state index < -0.39 is 50.0 Å². The van der Waals surface area contributed by atoms with Gasteiger partial charge in [-0.2, -0.15) is 26.3 Å². The molecule has 1 aliphatic carbocycles. The van der Waals surface area contributed by atoms with Gasteiger partial charge in [0.15, 0.2) is 9.84 Å². The fourth-order valence-electron chi connectivity index (χ4n) is 3.73. The van der Waals surface area contributed by atoms with Crippen molar-refractivity contribution in [3.8, 4) is 0 Å². The second-order valence-electron chi connectivity index (χ2n) is 7.35. The molecule has 0 aromatic heterocycles. The van der Waals surface area contributed by atoms with Crippen molar-refractivity contribution in [2.75, 3.05) is 0 Å². The van der Waals surface area contributed by atoms with E-state index in [1.807, 2.05) is 0 Å². The van der Waals surface area contributed by atoms with E-state index in [9.17, 15) is 43.5 Å². The van der Waals surface area contributed by atoms with Crippen LogP contribution >= 0.6 is 0 Å². The van der Waals surface area contributed by atoms with Crippen LogP contribution in [-0.4, -0.2) is 26.8 Å². The Kier molecular flexibility index (Phi) is 5.41. The van der Waals surface area contributed by atoms with Crippen LogP contribution in [0.1, 0.15) is 24.0 Å². The van der Waals surface area contributed by atoms with Crippen LogP contribution in [0.2, 0.25) is 0 Å². The van der Waals surface area contributed by atoms with Gasteiger partial charge in [0, 0.05) is 11.6 Å². The SMILES string of the molecule is NC1CC(c2ccc(C(F)(C(F)(F)F)C(F)(F)F)cc2)(S(=O)(=O)c2ccc(F)cc2)C1. The molecule has 0 heterocycles. The summed E-state index contributed by atoms with van der Waals surface area (Å²) in [5.41, 5.74) is -1.78. The summed E-state index contributed by atoms with van der Waals surface area (Å²) in [6.45, 7) is 0. The minimum atomic E-state index is -6.29. The van der Waals surface area contributed by atoms with E-state index in [1.165, 1.54) is 0 Å². The standard InChI is InChI=1S/C19H15F8NO2S/c20-13-5-7-15(8-6-13)31(29,30)16(9-14(28)10-16)11-1-3-12(4-2-11)17(21,18(22,23)24)19(25,26)27/h1-8,14H,9-10,28H2. The van der Waals surface area contributed by atoms with Gasteiger partial charge >= 0.3 is 18.0 Å². The first-order chi connectivity index (χ1) is 14.1. The summed E-state index contributed by atoms with van der Waals surface area (Å²) >= 11 is 0. The van der Waals surface area contributed by atoms with Crippen molar-refractivity contribution in [1.82, 2.24) is 0 Å². The highest BCUT2D eigenvalue weighted by Crippen LogP contribution is 2.54. The predicted octanol–water partition coefficient (Wildman–Crippen LogP) is 4.91. The third-order valence-corrected chi connectivity index (χ3v) is 7.90. The first-order valence-electron chi connectivity index (χ1n) is 8.75. The third kappa shape index (κ3) is 3.49. The predicted molar refractivity (Wildman–Crippen MR) is 93.8 cm³/mol. The number of rotatable bonds is 4. The van der Waals surface area contributed by atoms with E-state index in [0.29, 0.717) is 12.1 Å². The Morgan fingerprint density at radius 2 is 1.26 bits per heavy atom. The molecule has 0 saturated heterocycles. The van der Waals surface area contributed by atoms with Gasteiger partial charge in [0.1, 0.15) is 10.6 Å². The molecule has 2 aromatic rings. The van der Waals surface area contributed by atoms with Gasteiger partial charge in [-0.3, -0.25) is 0 Å². The van der Waals surface area contributed by atoms with Crippen LogP contribution in [0, 0.1) is 5.82 Å². The normalized spacial score (nSPS) is 22.8. The molecule has 3 rings (SSSR count). The van der Waals surface area contributed by atoms with Gasteiger partial charge in [-0.25, -0.2) is 17.2 Å². The zero-order chi connectivity index (χ0) is 23.5. The minimum Gasteiger partial charge on any atom is -0.328 e. The van der Waals surface area contributed by atoms with Crippen LogP contribution in [0.4, 0.5) is 35.1 Å². The summed E-state index contributed by atoms with van der Waals surface area (Å²) in [5.74, 6) is -0.707. The highest BCUT2D eigenvalue weighted by atomic mass is 32.2. The number of hydrogen-bond acceptors (Lipinski definition) is 3. The van der Waals surface area contributed by atoms with Crippen LogP contribution in [-0.2, 0) is 20.3 Å². The minimum absolute atomic E-state index is 0.144.